The first-order valence-electron chi connectivity index (χ1n) is 8.20. The average Bonchev–Trinajstić information content (AvgIpc) is 2.74. The van der Waals surface area contributed by atoms with Crippen molar-refractivity contribution in [3.8, 4) is 6.07 Å². The zero-order valence-electron chi connectivity index (χ0n) is 14.2. The molecule has 0 unspecified atom stereocenters. The van der Waals surface area contributed by atoms with Crippen molar-refractivity contribution in [1.29, 1.82) is 5.26 Å². The lowest BCUT2D eigenvalue weighted by Crippen LogP contribution is -2.24. The summed E-state index contributed by atoms with van der Waals surface area (Å²) in [4.78, 5) is 16.6. The highest BCUT2D eigenvalue weighted by Crippen LogP contribution is 2.38. The van der Waals surface area contributed by atoms with Gasteiger partial charge < -0.3 is 4.57 Å². The molecular weight excluding hydrogens is 307 g/mol. The second-order valence-corrected chi connectivity index (χ2v) is 7.61. The molecule has 1 heterocycles. The van der Waals surface area contributed by atoms with Crippen molar-refractivity contribution in [2.45, 2.75) is 52.5 Å². The first kappa shape index (κ1) is 16.4. The predicted molar refractivity (Wildman–Crippen MR) is 90.0 cm³/mol. The number of nitriles is 1. The van der Waals surface area contributed by atoms with E-state index in [2.05, 4.69) is 10.3 Å². The van der Waals surface area contributed by atoms with E-state index in [1.807, 2.05) is 31.4 Å². The fourth-order valence-corrected chi connectivity index (χ4v) is 2.97. The van der Waals surface area contributed by atoms with Crippen molar-refractivity contribution in [3.05, 3.63) is 23.5 Å². The van der Waals surface area contributed by atoms with Crippen LogP contribution >= 0.6 is 0 Å². The number of nitrogens with one attached hydrogen (secondary N) is 1. The third-order valence-electron chi connectivity index (χ3n) is 4.26. The van der Waals surface area contributed by atoms with Gasteiger partial charge >= 0.3 is 0 Å². The molecule has 0 bridgehead atoms. The molecule has 1 amide bonds. The Bertz CT molecular complexity index is 837. The van der Waals surface area contributed by atoms with Crippen molar-refractivity contribution in [3.63, 3.8) is 0 Å². The summed E-state index contributed by atoms with van der Waals surface area (Å²) in [5.74, 6) is -0.300. The molecule has 0 atom stereocenters. The van der Waals surface area contributed by atoms with E-state index in [0.29, 0.717) is 17.9 Å². The quantitative estimate of drug-likeness (QED) is 0.920. The largest absolute Gasteiger partial charge is 0.307 e. The Kier molecular flexibility index (Phi) is 4.04. The molecule has 0 spiro atoms. The van der Waals surface area contributed by atoms with Gasteiger partial charge in [0.25, 0.3) is 0 Å². The van der Waals surface area contributed by atoms with Gasteiger partial charge in [-0.1, -0.05) is 20.8 Å². The minimum absolute atomic E-state index is 0.140. The van der Waals surface area contributed by atoms with Crippen LogP contribution in [0.25, 0.3) is 11.0 Å². The van der Waals surface area contributed by atoms with Crippen molar-refractivity contribution in [2.75, 3.05) is 5.32 Å². The SMILES string of the molecule is CC(C)(C)CC(=O)Nc1nc2c(F)cc(C#N)cc2n1C1CCC1. The number of rotatable bonds is 3. The van der Waals surface area contributed by atoms with Crippen LogP contribution in [0.1, 0.15) is 58.1 Å². The third kappa shape index (κ3) is 3.12. The maximum absolute atomic E-state index is 14.3. The summed E-state index contributed by atoms with van der Waals surface area (Å²) in [6.45, 7) is 5.96. The number of fused-ring (bicyclic) bond motifs is 1. The lowest BCUT2D eigenvalue weighted by molar-refractivity contribution is -0.117. The second-order valence-electron chi connectivity index (χ2n) is 7.61. The number of hydrogen-bond donors (Lipinski definition) is 1. The number of carbonyl (C=O) groups is 1. The van der Waals surface area contributed by atoms with Gasteiger partial charge in [0.05, 0.1) is 17.1 Å². The highest BCUT2D eigenvalue weighted by molar-refractivity contribution is 5.92. The van der Waals surface area contributed by atoms with E-state index in [9.17, 15) is 9.18 Å². The van der Waals surface area contributed by atoms with Gasteiger partial charge in [-0.15, -0.1) is 0 Å². The van der Waals surface area contributed by atoms with Crippen molar-refractivity contribution >= 4 is 22.9 Å². The van der Waals surface area contributed by atoms with Crippen molar-refractivity contribution < 1.29 is 9.18 Å². The van der Waals surface area contributed by atoms with Gasteiger partial charge in [0.15, 0.2) is 5.82 Å². The van der Waals surface area contributed by atoms with Crippen LogP contribution in [-0.2, 0) is 4.79 Å². The molecule has 1 aliphatic carbocycles. The zero-order chi connectivity index (χ0) is 17.5. The van der Waals surface area contributed by atoms with Gasteiger partial charge in [0, 0.05) is 12.5 Å². The molecule has 0 radical (unpaired) electrons. The van der Waals surface area contributed by atoms with Crippen LogP contribution in [0.3, 0.4) is 0 Å². The minimum Gasteiger partial charge on any atom is -0.307 e. The molecular formula is C18H21FN4O. The normalized spacial score (nSPS) is 15.1. The standard InChI is InChI=1S/C18H21FN4O/c1-18(2,3)9-15(24)21-17-22-16-13(19)7-11(10-20)8-14(16)23(17)12-5-4-6-12/h7-8,12H,4-6,9H2,1-3H3,(H,21,22,24). The molecule has 5 nitrogen and oxygen atoms in total. The highest BCUT2D eigenvalue weighted by Gasteiger charge is 2.27. The van der Waals surface area contributed by atoms with E-state index in [0.717, 1.165) is 19.3 Å². The number of benzene rings is 1. The molecule has 126 valence electrons. The van der Waals surface area contributed by atoms with Gasteiger partial charge in [-0.25, -0.2) is 9.37 Å². The first-order chi connectivity index (χ1) is 11.3. The number of amides is 1. The molecule has 1 aromatic heterocycles. The Hall–Kier alpha value is -2.42. The summed E-state index contributed by atoms with van der Waals surface area (Å²) in [5.41, 5.74) is 0.888. The lowest BCUT2D eigenvalue weighted by Gasteiger charge is -2.29. The summed E-state index contributed by atoms with van der Waals surface area (Å²) in [5, 5.41) is 11.9. The topological polar surface area (TPSA) is 70.7 Å². The van der Waals surface area contributed by atoms with Crippen LogP contribution in [-0.4, -0.2) is 15.5 Å². The van der Waals surface area contributed by atoms with Crippen LogP contribution in [0.4, 0.5) is 10.3 Å². The Balaban J connectivity index is 2.05. The first-order valence-corrected chi connectivity index (χ1v) is 8.20. The molecule has 0 aliphatic heterocycles. The fourth-order valence-electron chi connectivity index (χ4n) is 2.97. The smallest absolute Gasteiger partial charge is 0.227 e. The summed E-state index contributed by atoms with van der Waals surface area (Å²) in [7, 11) is 0. The average molecular weight is 328 g/mol. The maximum Gasteiger partial charge on any atom is 0.227 e. The minimum atomic E-state index is -0.534. The van der Waals surface area contributed by atoms with E-state index >= 15 is 0 Å². The molecule has 1 aliphatic rings. The van der Waals surface area contributed by atoms with Gasteiger partial charge in [0.2, 0.25) is 11.9 Å². The van der Waals surface area contributed by atoms with E-state index in [1.165, 1.54) is 6.07 Å². The van der Waals surface area contributed by atoms with Gasteiger partial charge in [-0.2, -0.15) is 5.26 Å². The Morgan fingerprint density at radius 1 is 1.46 bits per heavy atom. The summed E-state index contributed by atoms with van der Waals surface area (Å²) >= 11 is 0. The van der Waals surface area contributed by atoms with Gasteiger partial charge in [-0.05, 0) is 36.8 Å². The summed E-state index contributed by atoms with van der Waals surface area (Å²) < 4.78 is 16.2. The monoisotopic (exact) mass is 328 g/mol. The van der Waals surface area contributed by atoms with Crippen molar-refractivity contribution in [1.82, 2.24) is 9.55 Å². The molecule has 0 saturated heterocycles. The number of anilines is 1. The third-order valence-corrected chi connectivity index (χ3v) is 4.26. The Morgan fingerprint density at radius 3 is 2.71 bits per heavy atom. The van der Waals surface area contributed by atoms with Crippen LogP contribution in [0.5, 0.6) is 0 Å². The van der Waals surface area contributed by atoms with E-state index in [-0.39, 0.29) is 28.4 Å². The van der Waals surface area contributed by atoms with Crippen molar-refractivity contribution in [2.24, 2.45) is 5.41 Å². The molecule has 1 fully saturated rings. The maximum atomic E-state index is 14.3. The molecule has 1 N–H and O–H groups in total. The molecule has 24 heavy (non-hydrogen) atoms. The van der Waals surface area contributed by atoms with Gasteiger partial charge in [-0.3, -0.25) is 10.1 Å². The number of imidazole rings is 1. The predicted octanol–water partition coefficient (Wildman–Crippen LogP) is 4.15. The zero-order valence-corrected chi connectivity index (χ0v) is 14.2. The Labute approximate surface area is 140 Å². The number of aromatic nitrogens is 2. The molecule has 1 aromatic carbocycles. The summed E-state index contributed by atoms with van der Waals surface area (Å²) in [6, 6.07) is 4.99. The number of halogens is 1. The summed E-state index contributed by atoms with van der Waals surface area (Å²) in [6.07, 6.45) is 3.38. The fraction of sp³-hybridized carbons (Fsp3) is 0.500. The van der Waals surface area contributed by atoms with E-state index < -0.39 is 5.82 Å². The highest BCUT2D eigenvalue weighted by atomic mass is 19.1. The van der Waals surface area contributed by atoms with Crippen LogP contribution in [0.15, 0.2) is 12.1 Å². The lowest BCUT2D eigenvalue weighted by atomic mass is 9.92. The van der Waals surface area contributed by atoms with Crippen LogP contribution in [0, 0.1) is 22.6 Å². The van der Waals surface area contributed by atoms with Gasteiger partial charge in [0.1, 0.15) is 5.52 Å². The molecule has 2 aromatic rings. The number of nitrogens with zero attached hydrogens (tertiary/aromatic N) is 3. The Morgan fingerprint density at radius 2 is 2.17 bits per heavy atom. The van der Waals surface area contributed by atoms with Crippen LogP contribution in [0.2, 0.25) is 0 Å². The molecule has 6 heteroatoms. The van der Waals surface area contributed by atoms with Crippen LogP contribution < -0.4 is 5.32 Å². The van der Waals surface area contributed by atoms with E-state index in [4.69, 9.17) is 5.26 Å². The number of hydrogen-bond acceptors (Lipinski definition) is 3. The molecule has 3 rings (SSSR count). The van der Waals surface area contributed by atoms with E-state index in [1.54, 1.807) is 6.07 Å². The number of carbonyl (C=O) groups excluding carboxylic acids is 1. The second kappa shape index (κ2) is 5.90. The molecule has 1 saturated carbocycles.